The second-order valence-corrected chi connectivity index (χ2v) is 11.7. The third kappa shape index (κ3) is 4.16. The van der Waals surface area contributed by atoms with Crippen molar-refractivity contribution in [3.63, 3.8) is 0 Å². The molecule has 3 heterocycles. The zero-order chi connectivity index (χ0) is 23.3. The lowest BCUT2D eigenvalue weighted by Crippen LogP contribution is -2.50. The molecule has 2 unspecified atom stereocenters. The third-order valence-electron chi connectivity index (χ3n) is 6.84. The molecular formula is C23H26ClN5O3S. The molecule has 8 nitrogen and oxygen atoms in total. The lowest BCUT2D eigenvalue weighted by atomic mass is 10.0. The maximum absolute atomic E-state index is 12.9. The Labute approximate surface area is 199 Å². The summed E-state index contributed by atoms with van der Waals surface area (Å²) in [5.74, 6) is 1.06. The SMILES string of the molecule is Cc1cc(C#N)cc(Cl)c1Nc1ncnc(OC2CC3CCC(C2)N3S(=O)(=O)C2CC2)c1C. The van der Waals surface area contributed by atoms with Crippen LogP contribution in [0.3, 0.4) is 0 Å². The van der Waals surface area contributed by atoms with E-state index in [1.54, 1.807) is 16.4 Å². The van der Waals surface area contributed by atoms with Crippen molar-refractivity contribution < 1.29 is 13.2 Å². The van der Waals surface area contributed by atoms with Crippen LogP contribution in [-0.4, -0.2) is 46.1 Å². The average Bonchev–Trinajstić information content (AvgIpc) is 3.59. The molecule has 2 aliphatic heterocycles. The molecule has 2 bridgehead atoms. The number of nitriles is 1. The number of rotatable bonds is 6. The number of fused-ring (bicyclic) bond motifs is 2. The number of ether oxygens (including phenoxy) is 1. The molecule has 3 fully saturated rings. The first kappa shape index (κ1) is 22.4. The highest BCUT2D eigenvalue weighted by molar-refractivity contribution is 7.90. The first-order chi connectivity index (χ1) is 15.8. The Bertz CT molecular complexity index is 1200. The first-order valence-corrected chi connectivity index (χ1v) is 13.1. The van der Waals surface area contributed by atoms with Gasteiger partial charge in [-0.3, -0.25) is 0 Å². The van der Waals surface area contributed by atoms with Crippen LogP contribution < -0.4 is 10.1 Å². The van der Waals surface area contributed by atoms with Gasteiger partial charge in [0.25, 0.3) is 0 Å². The van der Waals surface area contributed by atoms with Crippen LogP contribution in [-0.2, 0) is 10.0 Å². The zero-order valence-electron chi connectivity index (χ0n) is 18.6. The van der Waals surface area contributed by atoms with E-state index in [9.17, 15) is 8.42 Å². The molecule has 174 valence electrons. The molecule has 0 spiro atoms. The number of halogens is 1. The number of benzene rings is 1. The number of aryl methyl sites for hydroxylation is 1. The molecule has 3 aliphatic rings. The van der Waals surface area contributed by atoms with E-state index in [1.165, 1.54) is 6.33 Å². The van der Waals surface area contributed by atoms with Crippen LogP contribution in [0.4, 0.5) is 11.5 Å². The minimum absolute atomic E-state index is 0.0131. The van der Waals surface area contributed by atoms with Gasteiger partial charge in [0.2, 0.25) is 15.9 Å². The van der Waals surface area contributed by atoms with Gasteiger partial charge in [-0.1, -0.05) is 11.6 Å². The molecule has 33 heavy (non-hydrogen) atoms. The summed E-state index contributed by atoms with van der Waals surface area (Å²) in [6.07, 6.45) is 6.07. The lowest BCUT2D eigenvalue weighted by molar-refractivity contribution is 0.0910. The second-order valence-electron chi connectivity index (χ2n) is 9.21. The molecule has 1 saturated carbocycles. The van der Waals surface area contributed by atoms with Crippen molar-refractivity contribution in [2.75, 3.05) is 5.32 Å². The Hall–Kier alpha value is -2.41. The normalized spacial score (nSPS) is 25.0. The number of anilines is 2. The molecule has 1 aromatic carbocycles. The maximum atomic E-state index is 12.9. The van der Waals surface area contributed by atoms with Crippen molar-refractivity contribution in [1.29, 1.82) is 5.26 Å². The molecular weight excluding hydrogens is 462 g/mol. The summed E-state index contributed by atoms with van der Waals surface area (Å²) in [6, 6.07) is 5.51. The first-order valence-electron chi connectivity index (χ1n) is 11.3. The van der Waals surface area contributed by atoms with Crippen molar-refractivity contribution in [3.8, 4) is 11.9 Å². The topological polar surface area (TPSA) is 108 Å². The summed E-state index contributed by atoms with van der Waals surface area (Å²) in [5, 5.41) is 12.7. The van der Waals surface area contributed by atoms with Gasteiger partial charge in [0.15, 0.2) is 0 Å². The van der Waals surface area contributed by atoms with Crippen molar-refractivity contribution in [2.45, 2.75) is 75.8 Å². The lowest BCUT2D eigenvalue weighted by Gasteiger charge is -2.37. The zero-order valence-corrected chi connectivity index (χ0v) is 20.2. The summed E-state index contributed by atoms with van der Waals surface area (Å²) in [7, 11) is -3.17. The number of nitrogens with one attached hydrogen (secondary N) is 1. The Morgan fingerprint density at radius 2 is 1.85 bits per heavy atom. The Morgan fingerprint density at radius 1 is 1.15 bits per heavy atom. The van der Waals surface area contributed by atoms with Gasteiger partial charge in [-0.15, -0.1) is 0 Å². The fourth-order valence-corrected chi connectivity index (χ4v) is 7.66. The van der Waals surface area contributed by atoms with E-state index in [0.29, 0.717) is 40.8 Å². The number of nitrogens with zero attached hydrogens (tertiary/aromatic N) is 4. The summed E-state index contributed by atoms with van der Waals surface area (Å²) in [4.78, 5) is 8.69. The van der Waals surface area contributed by atoms with E-state index < -0.39 is 10.0 Å². The molecule has 1 aromatic heterocycles. The van der Waals surface area contributed by atoms with Crippen LogP contribution >= 0.6 is 11.6 Å². The van der Waals surface area contributed by atoms with Gasteiger partial charge in [0.05, 0.1) is 33.2 Å². The molecule has 1 N–H and O–H groups in total. The largest absolute Gasteiger partial charge is 0.474 e. The van der Waals surface area contributed by atoms with Crippen LogP contribution in [0.5, 0.6) is 5.88 Å². The fourth-order valence-electron chi connectivity index (χ4n) is 5.06. The smallest absolute Gasteiger partial charge is 0.221 e. The van der Waals surface area contributed by atoms with E-state index in [1.807, 2.05) is 13.8 Å². The average molecular weight is 488 g/mol. The van der Waals surface area contributed by atoms with Crippen LogP contribution in [0.15, 0.2) is 18.5 Å². The van der Waals surface area contributed by atoms with Crippen LogP contribution in [0.1, 0.15) is 55.2 Å². The van der Waals surface area contributed by atoms with Crippen LogP contribution in [0, 0.1) is 25.2 Å². The highest BCUT2D eigenvalue weighted by Gasteiger charge is 2.52. The minimum Gasteiger partial charge on any atom is -0.474 e. The van der Waals surface area contributed by atoms with Gasteiger partial charge in [0, 0.05) is 24.9 Å². The maximum Gasteiger partial charge on any atom is 0.221 e. The van der Waals surface area contributed by atoms with Gasteiger partial charge in [-0.2, -0.15) is 9.57 Å². The molecule has 1 aliphatic carbocycles. The number of hydrogen-bond acceptors (Lipinski definition) is 7. The van der Waals surface area contributed by atoms with E-state index in [-0.39, 0.29) is 23.4 Å². The van der Waals surface area contributed by atoms with Gasteiger partial charge < -0.3 is 10.1 Å². The van der Waals surface area contributed by atoms with Gasteiger partial charge in [-0.05, 0) is 57.2 Å². The Balaban J connectivity index is 1.32. The van der Waals surface area contributed by atoms with Gasteiger partial charge in [-0.25, -0.2) is 18.4 Å². The molecule has 10 heteroatoms. The quantitative estimate of drug-likeness (QED) is 0.649. The Morgan fingerprint density at radius 3 is 2.45 bits per heavy atom. The van der Waals surface area contributed by atoms with E-state index in [2.05, 4.69) is 21.4 Å². The van der Waals surface area contributed by atoms with Crippen molar-refractivity contribution >= 4 is 33.1 Å². The van der Waals surface area contributed by atoms with Gasteiger partial charge in [0.1, 0.15) is 18.2 Å². The molecule has 2 aromatic rings. The highest BCUT2D eigenvalue weighted by Crippen LogP contribution is 2.44. The molecule has 0 radical (unpaired) electrons. The summed E-state index contributed by atoms with van der Waals surface area (Å²) < 4.78 is 33.8. The van der Waals surface area contributed by atoms with Crippen molar-refractivity contribution in [1.82, 2.24) is 14.3 Å². The minimum atomic E-state index is -3.17. The molecule has 0 amide bonds. The van der Waals surface area contributed by atoms with Crippen molar-refractivity contribution in [3.05, 3.63) is 40.2 Å². The van der Waals surface area contributed by atoms with E-state index in [0.717, 1.165) is 36.8 Å². The number of hydrogen-bond donors (Lipinski definition) is 1. The second kappa shape index (κ2) is 8.42. The number of piperidine rings is 1. The van der Waals surface area contributed by atoms with Crippen molar-refractivity contribution in [2.24, 2.45) is 0 Å². The predicted molar refractivity (Wildman–Crippen MR) is 125 cm³/mol. The summed E-state index contributed by atoms with van der Waals surface area (Å²) in [6.45, 7) is 3.76. The fraction of sp³-hybridized carbons (Fsp3) is 0.522. The van der Waals surface area contributed by atoms with Gasteiger partial charge >= 0.3 is 0 Å². The number of sulfonamides is 1. The standard InChI is InChI=1S/C23H26ClN5O3S/c1-13-7-15(11-25)8-20(24)21(13)28-22-14(2)23(27-12-26-22)32-18-9-16-3-4-17(10-18)29(16)33(30,31)19-5-6-19/h7-8,12,16-19H,3-6,9-10H2,1-2H3,(H,26,27,28). The highest BCUT2D eigenvalue weighted by atomic mass is 35.5. The summed E-state index contributed by atoms with van der Waals surface area (Å²) >= 11 is 6.39. The van der Waals surface area contributed by atoms with E-state index >= 15 is 0 Å². The number of aromatic nitrogens is 2. The molecule has 2 saturated heterocycles. The third-order valence-corrected chi connectivity index (χ3v) is 9.63. The molecule has 2 atom stereocenters. The monoisotopic (exact) mass is 487 g/mol. The Kier molecular flexibility index (Phi) is 5.71. The predicted octanol–water partition coefficient (Wildman–Crippen LogP) is 4.23. The summed E-state index contributed by atoms with van der Waals surface area (Å²) in [5.41, 5.74) is 2.76. The van der Waals surface area contributed by atoms with Crippen LogP contribution in [0.25, 0.3) is 0 Å². The molecule has 5 rings (SSSR count). The van der Waals surface area contributed by atoms with E-state index in [4.69, 9.17) is 21.6 Å². The van der Waals surface area contributed by atoms with Crippen LogP contribution in [0.2, 0.25) is 5.02 Å².